The van der Waals surface area contributed by atoms with Gasteiger partial charge in [-0.05, 0) is 36.3 Å². The van der Waals surface area contributed by atoms with E-state index in [1.807, 2.05) is 31.4 Å². The molecular formula is C11H13N3OS2. The Labute approximate surface area is 108 Å². The zero-order valence-electron chi connectivity index (χ0n) is 9.64. The molecule has 0 bridgehead atoms. The maximum absolute atomic E-state index is 12.0. The molecule has 0 aliphatic rings. The molecule has 0 fully saturated rings. The second-order valence-electron chi connectivity index (χ2n) is 3.61. The van der Waals surface area contributed by atoms with E-state index in [0.29, 0.717) is 4.88 Å². The molecule has 90 valence electrons. The van der Waals surface area contributed by atoms with Crippen molar-refractivity contribution >= 4 is 28.8 Å². The summed E-state index contributed by atoms with van der Waals surface area (Å²) < 4.78 is 3.82. The molecule has 0 saturated carbocycles. The molecular weight excluding hydrogens is 254 g/mol. The van der Waals surface area contributed by atoms with Crippen LogP contribution in [-0.4, -0.2) is 15.5 Å². The van der Waals surface area contributed by atoms with Gasteiger partial charge in [-0.15, -0.1) is 16.4 Å². The highest BCUT2D eigenvalue weighted by molar-refractivity contribution is 7.10. The average molecular weight is 267 g/mol. The van der Waals surface area contributed by atoms with Crippen molar-refractivity contribution in [2.75, 3.05) is 0 Å². The lowest BCUT2D eigenvalue weighted by molar-refractivity contribution is 0.0943. The summed E-state index contributed by atoms with van der Waals surface area (Å²) in [4.78, 5) is 13.8. The summed E-state index contributed by atoms with van der Waals surface area (Å²) in [6, 6.07) is 4.02. The summed E-state index contributed by atoms with van der Waals surface area (Å²) in [5.74, 6) is -0.0854. The first-order valence-corrected chi connectivity index (χ1v) is 7.03. The lowest BCUT2D eigenvalue weighted by atomic mass is 10.2. The summed E-state index contributed by atoms with van der Waals surface area (Å²) in [7, 11) is 0. The van der Waals surface area contributed by atoms with Gasteiger partial charge < -0.3 is 5.32 Å². The predicted molar refractivity (Wildman–Crippen MR) is 69.5 cm³/mol. The number of thiophene rings is 1. The van der Waals surface area contributed by atoms with E-state index < -0.39 is 0 Å². The molecule has 2 heterocycles. The number of hydrogen-bond donors (Lipinski definition) is 1. The van der Waals surface area contributed by atoms with Gasteiger partial charge in [0.25, 0.3) is 5.91 Å². The topological polar surface area (TPSA) is 54.9 Å². The number of rotatable bonds is 4. The number of hydrogen-bond acceptors (Lipinski definition) is 5. The van der Waals surface area contributed by atoms with Gasteiger partial charge in [0, 0.05) is 4.88 Å². The summed E-state index contributed by atoms with van der Waals surface area (Å²) in [6.07, 6.45) is 0.729. The molecule has 17 heavy (non-hydrogen) atoms. The molecule has 2 rings (SSSR count). The van der Waals surface area contributed by atoms with Gasteiger partial charge >= 0.3 is 0 Å². The van der Waals surface area contributed by atoms with Gasteiger partial charge in [0.15, 0.2) is 0 Å². The Hall–Kier alpha value is -1.27. The van der Waals surface area contributed by atoms with Crippen LogP contribution in [0.3, 0.4) is 0 Å². The number of aromatic nitrogens is 2. The first-order valence-electron chi connectivity index (χ1n) is 5.37. The Bertz CT molecular complexity index is 493. The van der Waals surface area contributed by atoms with Gasteiger partial charge in [0.05, 0.1) is 11.7 Å². The molecule has 6 heteroatoms. The van der Waals surface area contributed by atoms with Crippen molar-refractivity contribution in [3.63, 3.8) is 0 Å². The normalized spacial score (nSPS) is 12.4. The minimum absolute atomic E-state index is 0.0225. The molecule has 2 aromatic rings. The van der Waals surface area contributed by atoms with Crippen LogP contribution < -0.4 is 5.32 Å². The minimum Gasteiger partial charge on any atom is -0.344 e. The molecule has 0 radical (unpaired) electrons. The lowest BCUT2D eigenvalue weighted by Gasteiger charge is -2.11. The van der Waals surface area contributed by atoms with Crippen LogP contribution >= 0.6 is 22.9 Å². The quantitative estimate of drug-likeness (QED) is 0.926. The van der Waals surface area contributed by atoms with Gasteiger partial charge in [-0.25, -0.2) is 0 Å². The molecule has 0 aliphatic heterocycles. The molecule has 0 aromatic carbocycles. The molecule has 1 amide bonds. The zero-order chi connectivity index (χ0) is 12.3. The SMILES string of the molecule is CCc1nnsc1C(=O)N[C@@H](C)c1cccs1. The number of carbonyl (C=O) groups is 1. The number of aryl methyl sites for hydroxylation is 1. The molecule has 4 nitrogen and oxygen atoms in total. The monoisotopic (exact) mass is 267 g/mol. The van der Waals surface area contributed by atoms with E-state index in [-0.39, 0.29) is 11.9 Å². The van der Waals surface area contributed by atoms with Gasteiger partial charge in [-0.2, -0.15) is 0 Å². The summed E-state index contributed by atoms with van der Waals surface area (Å²) in [6.45, 7) is 3.94. The molecule has 0 unspecified atom stereocenters. The van der Waals surface area contributed by atoms with Crippen LogP contribution in [0.25, 0.3) is 0 Å². The Morgan fingerprint density at radius 2 is 2.41 bits per heavy atom. The van der Waals surface area contributed by atoms with Crippen molar-refractivity contribution in [3.8, 4) is 0 Å². The third-order valence-electron chi connectivity index (χ3n) is 2.41. The van der Waals surface area contributed by atoms with Crippen molar-refractivity contribution in [1.82, 2.24) is 14.9 Å². The van der Waals surface area contributed by atoms with E-state index in [9.17, 15) is 4.79 Å². The molecule has 2 aromatic heterocycles. The van der Waals surface area contributed by atoms with Crippen molar-refractivity contribution in [2.45, 2.75) is 26.3 Å². The van der Waals surface area contributed by atoms with Gasteiger partial charge in [0.1, 0.15) is 4.88 Å². The molecule has 1 atom stereocenters. The first-order chi connectivity index (χ1) is 8.22. The first kappa shape index (κ1) is 12.2. The third-order valence-corrected chi connectivity index (χ3v) is 4.24. The smallest absolute Gasteiger partial charge is 0.265 e. The van der Waals surface area contributed by atoms with Gasteiger partial charge in [-0.1, -0.05) is 17.5 Å². The number of nitrogens with zero attached hydrogens (tertiary/aromatic N) is 2. The van der Waals surface area contributed by atoms with Crippen LogP contribution in [0.2, 0.25) is 0 Å². The van der Waals surface area contributed by atoms with Gasteiger partial charge in [0.2, 0.25) is 0 Å². The van der Waals surface area contributed by atoms with E-state index in [1.54, 1.807) is 11.3 Å². The Morgan fingerprint density at radius 3 is 3.06 bits per heavy atom. The van der Waals surface area contributed by atoms with Crippen molar-refractivity contribution in [1.29, 1.82) is 0 Å². The fourth-order valence-electron chi connectivity index (χ4n) is 1.48. The second-order valence-corrected chi connectivity index (χ2v) is 5.35. The van der Waals surface area contributed by atoms with E-state index >= 15 is 0 Å². The van der Waals surface area contributed by atoms with E-state index in [0.717, 1.165) is 28.5 Å². The Balaban J connectivity index is 2.07. The van der Waals surface area contributed by atoms with Crippen LogP contribution in [0, 0.1) is 0 Å². The Kier molecular flexibility index (Phi) is 3.86. The third kappa shape index (κ3) is 2.70. The lowest BCUT2D eigenvalue weighted by Crippen LogP contribution is -2.26. The maximum atomic E-state index is 12.0. The maximum Gasteiger partial charge on any atom is 0.265 e. The van der Waals surface area contributed by atoms with Crippen LogP contribution in [0.15, 0.2) is 17.5 Å². The van der Waals surface area contributed by atoms with Crippen LogP contribution in [0.4, 0.5) is 0 Å². The summed E-state index contributed by atoms with van der Waals surface area (Å²) >= 11 is 2.79. The number of carbonyl (C=O) groups excluding carboxylic acids is 1. The van der Waals surface area contributed by atoms with Crippen LogP contribution in [0.5, 0.6) is 0 Å². The minimum atomic E-state index is -0.0854. The average Bonchev–Trinajstić information content (AvgIpc) is 2.99. The largest absolute Gasteiger partial charge is 0.344 e. The van der Waals surface area contributed by atoms with Crippen molar-refractivity contribution in [2.24, 2.45) is 0 Å². The van der Waals surface area contributed by atoms with Crippen molar-refractivity contribution in [3.05, 3.63) is 33.0 Å². The highest BCUT2D eigenvalue weighted by Crippen LogP contribution is 2.19. The fraction of sp³-hybridized carbons (Fsp3) is 0.364. The van der Waals surface area contributed by atoms with Crippen molar-refractivity contribution < 1.29 is 4.79 Å². The Morgan fingerprint density at radius 1 is 1.59 bits per heavy atom. The summed E-state index contributed by atoms with van der Waals surface area (Å²) in [5.41, 5.74) is 0.769. The van der Waals surface area contributed by atoms with E-state index in [2.05, 4.69) is 14.9 Å². The highest BCUT2D eigenvalue weighted by Gasteiger charge is 2.17. The number of nitrogens with one attached hydrogen (secondary N) is 1. The molecule has 0 saturated heterocycles. The number of amides is 1. The van der Waals surface area contributed by atoms with Crippen LogP contribution in [0.1, 0.15) is 40.1 Å². The predicted octanol–water partition coefficient (Wildman–Crippen LogP) is 2.65. The van der Waals surface area contributed by atoms with E-state index in [4.69, 9.17) is 0 Å². The highest BCUT2D eigenvalue weighted by atomic mass is 32.1. The van der Waals surface area contributed by atoms with Crippen LogP contribution in [-0.2, 0) is 6.42 Å². The summed E-state index contributed by atoms with van der Waals surface area (Å²) in [5, 5.41) is 8.90. The fourth-order valence-corrected chi connectivity index (χ4v) is 2.87. The molecule has 0 aliphatic carbocycles. The van der Waals surface area contributed by atoms with Gasteiger partial charge in [-0.3, -0.25) is 4.79 Å². The standard InChI is InChI=1S/C11H13N3OS2/c1-3-8-10(17-14-13-8)11(15)12-7(2)9-5-4-6-16-9/h4-7H,3H2,1-2H3,(H,12,15)/t7-/m0/s1. The molecule has 0 spiro atoms. The zero-order valence-corrected chi connectivity index (χ0v) is 11.3. The molecule has 1 N–H and O–H groups in total. The second kappa shape index (κ2) is 5.37. The van der Waals surface area contributed by atoms with E-state index in [1.165, 1.54) is 0 Å².